The highest BCUT2D eigenvalue weighted by molar-refractivity contribution is 7.94. The summed E-state index contributed by atoms with van der Waals surface area (Å²) in [5.41, 5.74) is 0.501. The van der Waals surface area contributed by atoms with Crippen molar-refractivity contribution in [1.29, 1.82) is 0 Å². The van der Waals surface area contributed by atoms with Gasteiger partial charge in [-0.05, 0) is 30.3 Å². The van der Waals surface area contributed by atoms with Crippen molar-refractivity contribution in [3.63, 3.8) is 0 Å². The fourth-order valence-corrected chi connectivity index (χ4v) is 5.00. The highest BCUT2D eigenvalue weighted by Crippen LogP contribution is 2.33. The van der Waals surface area contributed by atoms with Gasteiger partial charge in [0.25, 0.3) is 5.91 Å². The van der Waals surface area contributed by atoms with Crippen LogP contribution < -0.4 is 4.90 Å². The van der Waals surface area contributed by atoms with Crippen LogP contribution in [0.5, 0.6) is 0 Å². The zero-order chi connectivity index (χ0) is 21.2. The molecule has 6 nitrogen and oxygen atoms in total. The van der Waals surface area contributed by atoms with Gasteiger partial charge in [0, 0.05) is 36.5 Å². The normalized spacial score (nSPS) is 19.6. The maximum absolute atomic E-state index is 12.9. The van der Waals surface area contributed by atoms with E-state index in [1.165, 1.54) is 29.2 Å². The van der Waals surface area contributed by atoms with Gasteiger partial charge in [0.15, 0.2) is 0 Å². The first kappa shape index (κ1) is 21.9. The average molecular weight is 456 g/mol. The van der Waals surface area contributed by atoms with Crippen molar-refractivity contribution in [3.8, 4) is 0 Å². The van der Waals surface area contributed by atoms with Gasteiger partial charge in [-0.3, -0.25) is 4.79 Å². The Kier molecular flexibility index (Phi) is 6.73. The summed E-state index contributed by atoms with van der Waals surface area (Å²) in [6, 6.07) is 10.5. The molecule has 1 aliphatic heterocycles. The van der Waals surface area contributed by atoms with Crippen LogP contribution in [0.4, 0.5) is 5.69 Å². The number of hydrogen-bond donors (Lipinski definition) is 1. The molecule has 1 aliphatic rings. The van der Waals surface area contributed by atoms with Crippen molar-refractivity contribution in [1.82, 2.24) is 4.90 Å². The predicted octanol–water partition coefficient (Wildman–Crippen LogP) is 3.14. The molecule has 1 N–H and O–H groups in total. The Bertz CT molecular complexity index is 989. The molecular formula is C20H23Cl2N3O3S. The maximum atomic E-state index is 12.9. The first-order valence-electron chi connectivity index (χ1n) is 9.29. The molecular weight excluding hydrogens is 433 g/mol. The number of quaternary nitrogens is 1. The number of piperidine rings is 1. The van der Waals surface area contributed by atoms with Crippen molar-refractivity contribution in [2.45, 2.75) is 23.8 Å². The fraction of sp³-hybridized carbons (Fsp3) is 0.350. The largest absolute Gasteiger partial charge is 0.573 e. The lowest BCUT2D eigenvalue weighted by Gasteiger charge is -2.33. The SMILES string of the molecule is CN(C(=O)c1ccc(Cl)c(S(=O)(=O)[N-]c2ccc(Cl)cc2)c1)C1CC[NH+](C)CC1. The Labute approximate surface area is 181 Å². The molecule has 0 bridgehead atoms. The predicted molar refractivity (Wildman–Crippen MR) is 115 cm³/mol. The summed E-state index contributed by atoms with van der Waals surface area (Å²) in [4.78, 5) is 15.9. The first-order chi connectivity index (χ1) is 13.7. The first-order valence-corrected chi connectivity index (χ1v) is 11.5. The molecule has 29 heavy (non-hydrogen) atoms. The molecule has 1 heterocycles. The molecule has 0 atom stereocenters. The van der Waals surface area contributed by atoms with Gasteiger partial charge in [-0.25, -0.2) is 8.42 Å². The number of benzene rings is 2. The van der Waals surface area contributed by atoms with Crippen LogP contribution in [0.15, 0.2) is 47.4 Å². The summed E-state index contributed by atoms with van der Waals surface area (Å²) in [5, 5.41) is 0.496. The zero-order valence-corrected chi connectivity index (χ0v) is 18.6. The second kappa shape index (κ2) is 8.92. The Hall–Kier alpha value is -1.80. The summed E-state index contributed by atoms with van der Waals surface area (Å²) in [6.45, 7) is 2.00. The molecule has 3 rings (SSSR count). The van der Waals surface area contributed by atoms with Crippen molar-refractivity contribution in [3.05, 3.63) is 62.8 Å². The zero-order valence-electron chi connectivity index (χ0n) is 16.2. The van der Waals surface area contributed by atoms with E-state index in [0.29, 0.717) is 5.02 Å². The Balaban J connectivity index is 1.83. The van der Waals surface area contributed by atoms with Crippen LogP contribution in [0.2, 0.25) is 10.0 Å². The van der Waals surface area contributed by atoms with E-state index in [1.54, 1.807) is 30.1 Å². The molecule has 2 aromatic carbocycles. The molecule has 0 aliphatic carbocycles. The lowest BCUT2D eigenvalue weighted by atomic mass is 10.0. The van der Waals surface area contributed by atoms with Crippen LogP contribution in [0.25, 0.3) is 4.72 Å². The molecule has 0 aromatic heterocycles. The van der Waals surface area contributed by atoms with E-state index >= 15 is 0 Å². The van der Waals surface area contributed by atoms with Gasteiger partial charge in [-0.1, -0.05) is 35.3 Å². The Morgan fingerprint density at radius 3 is 2.34 bits per heavy atom. The molecule has 0 unspecified atom stereocenters. The van der Waals surface area contributed by atoms with Crippen LogP contribution >= 0.6 is 23.2 Å². The molecule has 1 saturated heterocycles. The van der Waals surface area contributed by atoms with E-state index in [1.807, 2.05) is 0 Å². The average Bonchev–Trinajstić information content (AvgIpc) is 2.69. The second-order valence-electron chi connectivity index (χ2n) is 7.29. The van der Waals surface area contributed by atoms with E-state index in [4.69, 9.17) is 23.2 Å². The van der Waals surface area contributed by atoms with Gasteiger partial charge in [-0.2, -0.15) is 0 Å². The number of carbonyl (C=O) groups excluding carboxylic acids is 1. The minimum absolute atomic E-state index is 0.0183. The van der Waals surface area contributed by atoms with E-state index in [0.717, 1.165) is 25.9 Å². The smallest absolute Gasteiger partial charge is 0.253 e. The van der Waals surface area contributed by atoms with Crippen LogP contribution in [0, 0.1) is 0 Å². The van der Waals surface area contributed by atoms with Crippen LogP contribution in [-0.4, -0.2) is 52.5 Å². The number of carbonyl (C=O) groups is 1. The minimum atomic E-state index is -4.09. The lowest BCUT2D eigenvalue weighted by Crippen LogP contribution is -3.10. The molecule has 0 spiro atoms. The number of likely N-dealkylation sites (tertiary alicyclic amines) is 1. The second-order valence-corrected chi connectivity index (χ2v) is 9.71. The standard InChI is InChI=1S/C20H22Cl2N3O3S/c1-24-11-9-17(10-12-24)25(2)20(26)14-3-8-18(22)19(13-14)29(27,28)23-16-6-4-15(21)5-7-16/h3-8,13,17H,9-12H2,1-2H3/q-1/p+1. The van der Waals surface area contributed by atoms with E-state index < -0.39 is 10.0 Å². The van der Waals surface area contributed by atoms with Gasteiger partial charge >= 0.3 is 0 Å². The fourth-order valence-electron chi connectivity index (χ4n) is 3.38. The third-order valence-electron chi connectivity index (χ3n) is 5.19. The van der Waals surface area contributed by atoms with Crippen LogP contribution in [-0.2, 0) is 10.0 Å². The highest BCUT2D eigenvalue weighted by atomic mass is 35.5. The number of halogens is 2. The molecule has 0 saturated carbocycles. The minimum Gasteiger partial charge on any atom is -0.573 e. The van der Waals surface area contributed by atoms with Crippen molar-refractivity contribution in [2.24, 2.45) is 0 Å². The molecule has 156 valence electrons. The summed E-state index contributed by atoms with van der Waals surface area (Å²) >= 11 is 12.0. The number of rotatable bonds is 5. The Morgan fingerprint density at radius 2 is 1.72 bits per heavy atom. The van der Waals surface area contributed by atoms with Gasteiger partial charge in [-0.15, -0.1) is 5.69 Å². The number of nitrogens with one attached hydrogen (secondary N) is 1. The van der Waals surface area contributed by atoms with Crippen molar-refractivity contribution < 1.29 is 18.1 Å². The summed E-state index contributed by atoms with van der Waals surface area (Å²) in [6.07, 6.45) is 1.83. The summed E-state index contributed by atoms with van der Waals surface area (Å²) < 4.78 is 29.4. The number of nitrogens with zero attached hydrogens (tertiary/aromatic N) is 2. The van der Waals surface area contributed by atoms with Crippen molar-refractivity contribution >= 4 is 44.8 Å². The van der Waals surface area contributed by atoms with Gasteiger partial charge < -0.3 is 14.5 Å². The quantitative estimate of drug-likeness (QED) is 0.752. The number of hydrogen-bond acceptors (Lipinski definition) is 3. The van der Waals surface area contributed by atoms with Gasteiger partial charge in [0.05, 0.1) is 30.1 Å². The van der Waals surface area contributed by atoms with E-state index in [2.05, 4.69) is 11.8 Å². The monoisotopic (exact) mass is 455 g/mol. The highest BCUT2D eigenvalue weighted by Gasteiger charge is 2.27. The summed E-state index contributed by atoms with van der Waals surface area (Å²) in [5.74, 6) is -0.228. The Morgan fingerprint density at radius 1 is 1.10 bits per heavy atom. The third-order valence-corrected chi connectivity index (χ3v) is 7.22. The van der Waals surface area contributed by atoms with Crippen LogP contribution in [0.1, 0.15) is 23.2 Å². The summed E-state index contributed by atoms with van der Waals surface area (Å²) in [7, 11) is -0.199. The van der Waals surface area contributed by atoms with Crippen LogP contribution in [0.3, 0.4) is 0 Å². The van der Waals surface area contributed by atoms with Gasteiger partial charge in [0.2, 0.25) is 0 Å². The maximum Gasteiger partial charge on any atom is 0.253 e. The lowest BCUT2D eigenvalue weighted by molar-refractivity contribution is -0.885. The molecule has 9 heteroatoms. The number of amides is 1. The van der Waals surface area contributed by atoms with E-state index in [-0.39, 0.29) is 33.1 Å². The molecule has 1 amide bonds. The van der Waals surface area contributed by atoms with E-state index in [9.17, 15) is 13.2 Å². The number of sulfonamides is 1. The van der Waals surface area contributed by atoms with Gasteiger partial charge in [0.1, 0.15) is 10.0 Å². The molecule has 1 fully saturated rings. The molecule has 2 aromatic rings. The third kappa shape index (κ3) is 5.22. The topological polar surface area (TPSA) is 73.0 Å². The molecule has 0 radical (unpaired) electrons. The van der Waals surface area contributed by atoms with Crippen molar-refractivity contribution in [2.75, 3.05) is 27.2 Å².